The second-order valence-corrected chi connectivity index (χ2v) is 5.20. The van der Waals surface area contributed by atoms with Crippen LogP contribution in [0.2, 0.25) is 0 Å². The van der Waals surface area contributed by atoms with Crippen molar-refractivity contribution in [1.82, 2.24) is 0 Å². The summed E-state index contributed by atoms with van der Waals surface area (Å²) >= 11 is 0. The average molecular weight is 298 g/mol. The number of aryl methyl sites for hydroxylation is 1. The lowest BCUT2D eigenvalue weighted by atomic mass is 10.1. The molecule has 0 saturated carbocycles. The van der Waals surface area contributed by atoms with E-state index in [4.69, 9.17) is 14.9 Å². The number of amides is 1. The molecule has 2 heterocycles. The third-order valence-corrected chi connectivity index (χ3v) is 3.48. The number of anilines is 1. The molecular formula is C17H18N2O3. The van der Waals surface area contributed by atoms with Gasteiger partial charge in [0.05, 0.1) is 12.0 Å². The second kappa shape index (κ2) is 6.07. The first-order valence-corrected chi connectivity index (χ1v) is 7.24. The van der Waals surface area contributed by atoms with Crippen molar-refractivity contribution in [2.75, 3.05) is 18.0 Å². The monoisotopic (exact) mass is 298 g/mol. The highest BCUT2D eigenvalue weighted by atomic mass is 16.5. The van der Waals surface area contributed by atoms with Crippen molar-refractivity contribution in [2.45, 2.75) is 13.3 Å². The highest BCUT2D eigenvalue weighted by molar-refractivity contribution is 6.09. The summed E-state index contributed by atoms with van der Waals surface area (Å²) < 4.78 is 11.0. The number of fused-ring (bicyclic) bond motifs is 1. The number of hydrogen-bond donors (Lipinski definition) is 1. The molecule has 1 aromatic heterocycles. The molecule has 0 saturated heterocycles. The standard InChI is InChI=1S/C17H18N2O3/c1-12-5-6-15-14(10-12)19(8-3-7-18)17(20)16(22-15)11-13-4-2-9-21-13/h2,4-6,9-11H,3,7-8,18H2,1H3/b16-11+. The lowest BCUT2D eigenvalue weighted by molar-refractivity contribution is -0.117. The molecule has 0 spiro atoms. The van der Waals surface area contributed by atoms with E-state index in [1.165, 1.54) is 0 Å². The fraction of sp³-hybridized carbons (Fsp3) is 0.235. The zero-order valence-electron chi connectivity index (χ0n) is 12.4. The van der Waals surface area contributed by atoms with Crippen LogP contribution in [0, 0.1) is 6.92 Å². The van der Waals surface area contributed by atoms with Gasteiger partial charge in [-0.1, -0.05) is 6.07 Å². The third kappa shape index (κ3) is 2.76. The van der Waals surface area contributed by atoms with E-state index in [1.54, 1.807) is 29.4 Å². The maximum absolute atomic E-state index is 12.7. The van der Waals surface area contributed by atoms with Gasteiger partial charge in [-0.3, -0.25) is 4.79 Å². The van der Waals surface area contributed by atoms with Crippen molar-refractivity contribution in [2.24, 2.45) is 5.73 Å². The molecule has 1 aromatic carbocycles. The van der Waals surface area contributed by atoms with Crippen molar-refractivity contribution in [1.29, 1.82) is 0 Å². The van der Waals surface area contributed by atoms with E-state index >= 15 is 0 Å². The quantitative estimate of drug-likeness (QED) is 0.881. The molecule has 0 unspecified atom stereocenters. The van der Waals surface area contributed by atoms with Gasteiger partial charge in [-0.25, -0.2) is 0 Å². The first-order valence-electron chi connectivity index (χ1n) is 7.24. The third-order valence-electron chi connectivity index (χ3n) is 3.48. The fourth-order valence-electron chi connectivity index (χ4n) is 2.39. The molecule has 1 aliphatic heterocycles. The summed E-state index contributed by atoms with van der Waals surface area (Å²) in [5, 5.41) is 0. The number of nitrogens with two attached hydrogens (primary N) is 1. The highest BCUT2D eigenvalue weighted by Crippen LogP contribution is 2.36. The van der Waals surface area contributed by atoms with Crippen molar-refractivity contribution in [3.8, 4) is 5.75 Å². The van der Waals surface area contributed by atoms with E-state index in [1.807, 2.05) is 25.1 Å². The topological polar surface area (TPSA) is 68.7 Å². The first-order chi connectivity index (χ1) is 10.7. The first kappa shape index (κ1) is 14.4. The van der Waals surface area contributed by atoms with Crippen LogP contribution in [-0.2, 0) is 4.79 Å². The summed E-state index contributed by atoms with van der Waals surface area (Å²) in [6.45, 7) is 3.08. The fourth-order valence-corrected chi connectivity index (χ4v) is 2.39. The van der Waals surface area contributed by atoms with E-state index < -0.39 is 0 Å². The maximum atomic E-state index is 12.7. The Morgan fingerprint density at radius 3 is 2.91 bits per heavy atom. The van der Waals surface area contributed by atoms with Crippen molar-refractivity contribution < 1.29 is 13.9 Å². The number of hydrogen-bond acceptors (Lipinski definition) is 4. The van der Waals surface area contributed by atoms with Gasteiger partial charge in [0, 0.05) is 12.6 Å². The molecule has 0 bridgehead atoms. The van der Waals surface area contributed by atoms with Gasteiger partial charge in [-0.05, 0) is 49.7 Å². The molecule has 114 valence electrons. The van der Waals surface area contributed by atoms with Crippen LogP contribution in [0.3, 0.4) is 0 Å². The van der Waals surface area contributed by atoms with Crippen LogP contribution in [0.1, 0.15) is 17.7 Å². The van der Waals surface area contributed by atoms with E-state index in [-0.39, 0.29) is 11.7 Å². The minimum absolute atomic E-state index is 0.178. The number of carbonyl (C=O) groups is 1. The number of benzene rings is 1. The maximum Gasteiger partial charge on any atom is 0.294 e. The van der Waals surface area contributed by atoms with Crippen LogP contribution in [-0.4, -0.2) is 19.0 Å². The smallest absolute Gasteiger partial charge is 0.294 e. The van der Waals surface area contributed by atoms with Crippen LogP contribution >= 0.6 is 0 Å². The van der Waals surface area contributed by atoms with E-state index in [9.17, 15) is 4.79 Å². The largest absolute Gasteiger partial charge is 0.465 e. The zero-order valence-corrected chi connectivity index (χ0v) is 12.4. The average Bonchev–Trinajstić information content (AvgIpc) is 3.01. The van der Waals surface area contributed by atoms with E-state index in [0.29, 0.717) is 24.6 Å². The molecular weight excluding hydrogens is 280 g/mol. The molecule has 1 aliphatic rings. The number of nitrogens with zero attached hydrogens (tertiary/aromatic N) is 1. The summed E-state index contributed by atoms with van der Waals surface area (Å²) in [5.41, 5.74) is 7.45. The van der Waals surface area contributed by atoms with Crippen LogP contribution in [0.25, 0.3) is 6.08 Å². The Balaban J connectivity index is 2.00. The molecule has 0 fully saturated rings. The summed E-state index contributed by atoms with van der Waals surface area (Å²) in [4.78, 5) is 14.4. The molecule has 2 N–H and O–H groups in total. The molecule has 0 aliphatic carbocycles. The van der Waals surface area contributed by atoms with Gasteiger partial charge in [0.15, 0.2) is 11.5 Å². The molecule has 0 atom stereocenters. The highest BCUT2D eigenvalue weighted by Gasteiger charge is 2.30. The Hall–Kier alpha value is -2.53. The van der Waals surface area contributed by atoms with Crippen LogP contribution in [0.15, 0.2) is 46.8 Å². The molecule has 22 heavy (non-hydrogen) atoms. The Labute approximate surface area is 129 Å². The van der Waals surface area contributed by atoms with E-state index in [2.05, 4.69) is 0 Å². The summed E-state index contributed by atoms with van der Waals surface area (Å²) in [7, 11) is 0. The molecule has 5 heteroatoms. The summed E-state index contributed by atoms with van der Waals surface area (Å²) in [6, 6.07) is 9.33. The lowest BCUT2D eigenvalue weighted by Crippen LogP contribution is -2.38. The van der Waals surface area contributed by atoms with Gasteiger partial charge in [-0.15, -0.1) is 0 Å². The minimum Gasteiger partial charge on any atom is -0.465 e. The SMILES string of the molecule is Cc1ccc2c(c1)N(CCCN)C(=O)/C(=C\c1ccco1)O2. The molecule has 5 nitrogen and oxygen atoms in total. The molecule has 3 rings (SSSR count). The molecule has 0 radical (unpaired) electrons. The predicted molar refractivity (Wildman–Crippen MR) is 84.5 cm³/mol. The minimum atomic E-state index is -0.178. The molecule has 2 aromatic rings. The molecule has 1 amide bonds. The summed E-state index contributed by atoms with van der Waals surface area (Å²) in [6.07, 6.45) is 3.90. The predicted octanol–water partition coefficient (Wildman–Crippen LogP) is 2.70. The Morgan fingerprint density at radius 1 is 1.32 bits per heavy atom. The number of ether oxygens (including phenoxy) is 1. The number of rotatable bonds is 4. The zero-order chi connectivity index (χ0) is 15.5. The lowest BCUT2D eigenvalue weighted by Gasteiger charge is -2.30. The van der Waals surface area contributed by atoms with Crippen LogP contribution < -0.4 is 15.4 Å². The Kier molecular flexibility index (Phi) is 3.98. The van der Waals surface area contributed by atoms with Gasteiger partial charge in [0.2, 0.25) is 0 Å². The second-order valence-electron chi connectivity index (χ2n) is 5.20. The van der Waals surface area contributed by atoms with Gasteiger partial charge in [0.25, 0.3) is 5.91 Å². The van der Waals surface area contributed by atoms with E-state index in [0.717, 1.165) is 17.7 Å². The summed E-state index contributed by atoms with van der Waals surface area (Å²) in [5.74, 6) is 1.32. The normalized spacial score (nSPS) is 15.8. The van der Waals surface area contributed by atoms with Gasteiger partial charge in [0.1, 0.15) is 5.76 Å². The Morgan fingerprint density at radius 2 is 2.18 bits per heavy atom. The van der Waals surface area contributed by atoms with Crippen LogP contribution in [0.5, 0.6) is 5.75 Å². The number of furan rings is 1. The van der Waals surface area contributed by atoms with Gasteiger partial charge in [-0.2, -0.15) is 0 Å². The van der Waals surface area contributed by atoms with Gasteiger partial charge >= 0.3 is 0 Å². The van der Waals surface area contributed by atoms with Crippen molar-refractivity contribution >= 4 is 17.7 Å². The van der Waals surface area contributed by atoms with Crippen molar-refractivity contribution in [3.05, 3.63) is 53.7 Å². The van der Waals surface area contributed by atoms with Gasteiger partial charge < -0.3 is 19.8 Å². The van der Waals surface area contributed by atoms with Crippen molar-refractivity contribution in [3.63, 3.8) is 0 Å². The number of carbonyl (C=O) groups excluding carboxylic acids is 1. The Bertz CT molecular complexity index is 705. The van der Waals surface area contributed by atoms with Crippen LogP contribution in [0.4, 0.5) is 5.69 Å².